The molecule has 1 atom stereocenters. The molecule has 1 aromatic heterocycles. The maximum atomic E-state index is 11.2. The number of halogens is 1. The SMILES string of the molecule is CCS(=O)CCNc1nc(Cl)ccc1C(=O)O. The molecule has 1 rings (SSSR count). The van der Waals surface area contributed by atoms with Gasteiger partial charge in [0.25, 0.3) is 0 Å². The van der Waals surface area contributed by atoms with Gasteiger partial charge < -0.3 is 10.4 Å². The summed E-state index contributed by atoms with van der Waals surface area (Å²) in [7, 11) is -0.894. The summed E-state index contributed by atoms with van der Waals surface area (Å²) in [6.07, 6.45) is 0. The molecule has 0 radical (unpaired) electrons. The standard InChI is InChI=1S/C10H13ClN2O3S/c1-2-17(16)6-5-12-9-7(10(14)15)3-4-8(11)13-9/h3-4H,2,5-6H2,1H3,(H,12,13)(H,14,15). The number of hydrogen-bond donors (Lipinski definition) is 2. The first kappa shape index (κ1) is 13.9. The van der Waals surface area contributed by atoms with Crippen molar-refractivity contribution in [2.24, 2.45) is 0 Å². The van der Waals surface area contributed by atoms with Crippen molar-refractivity contribution < 1.29 is 14.1 Å². The summed E-state index contributed by atoms with van der Waals surface area (Å²) in [5, 5.41) is 12.0. The molecule has 0 aromatic carbocycles. The Morgan fingerprint density at radius 1 is 1.59 bits per heavy atom. The van der Waals surface area contributed by atoms with Crippen molar-refractivity contribution in [2.45, 2.75) is 6.92 Å². The minimum atomic E-state index is -1.08. The minimum absolute atomic E-state index is 0.0525. The van der Waals surface area contributed by atoms with E-state index in [1.165, 1.54) is 12.1 Å². The molecule has 1 heterocycles. The van der Waals surface area contributed by atoms with Gasteiger partial charge in [-0.2, -0.15) is 0 Å². The number of pyridine rings is 1. The van der Waals surface area contributed by atoms with Crippen molar-refractivity contribution in [2.75, 3.05) is 23.4 Å². The second-order valence-corrected chi connectivity index (χ2v) is 5.45. The molecule has 5 nitrogen and oxygen atoms in total. The summed E-state index contributed by atoms with van der Waals surface area (Å²) >= 11 is 5.69. The molecule has 1 unspecified atom stereocenters. The number of rotatable bonds is 6. The highest BCUT2D eigenvalue weighted by molar-refractivity contribution is 7.84. The molecule has 0 bridgehead atoms. The van der Waals surface area contributed by atoms with Gasteiger partial charge in [0, 0.05) is 28.9 Å². The molecule has 7 heteroatoms. The van der Waals surface area contributed by atoms with E-state index < -0.39 is 16.8 Å². The average molecular weight is 277 g/mol. The highest BCUT2D eigenvalue weighted by Gasteiger charge is 2.11. The molecule has 0 fully saturated rings. The molecular weight excluding hydrogens is 264 g/mol. The Morgan fingerprint density at radius 3 is 2.88 bits per heavy atom. The number of carboxylic acids is 1. The Bertz CT molecular complexity index is 440. The van der Waals surface area contributed by atoms with Gasteiger partial charge in [0.05, 0.1) is 0 Å². The first-order valence-electron chi connectivity index (χ1n) is 5.03. The third-order valence-corrected chi connectivity index (χ3v) is 3.55. The van der Waals surface area contributed by atoms with Crippen LogP contribution in [0.15, 0.2) is 12.1 Å². The number of carbonyl (C=O) groups is 1. The van der Waals surface area contributed by atoms with Gasteiger partial charge in [-0.25, -0.2) is 9.78 Å². The maximum Gasteiger partial charge on any atom is 0.339 e. The Kier molecular flexibility index (Phi) is 5.37. The smallest absolute Gasteiger partial charge is 0.339 e. The van der Waals surface area contributed by atoms with Gasteiger partial charge >= 0.3 is 5.97 Å². The van der Waals surface area contributed by atoms with E-state index in [1.54, 1.807) is 0 Å². The van der Waals surface area contributed by atoms with Gasteiger partial charge in [-0.3, -0.25) is 4.21 Å². The zero-order chi connectivity index (χ0) is 12.8. The van der Waals surface area contributed by atoms with E-state index in [-0.39, 0.29) is 16.5 Å². The maximum absolute atomic E-state index is 11.2. The van der Waals surface area contributed by atoms with Crippen molar-refractivity contribution in [1.29, 1.82) is 0 Å². The van der Waals surface area contributed by atoms with Crippen LogP contribution in [0.2, 0.25) is 5.15 Å². The lowest BCUT2D eigenvalue weighted by Gasteiger charge is -2.08. The third kappa shape index (κ3) is 4.32. The zero-order valence-electron chi connectivity index (χ0n) is 9.27. The highest BCUT2D eigenvalue weighted by Crippen LogP contribution is 2.16. The van der Waals surface area contributed by atoms with Crippen molar-refractivity contribution in [1.82, 2.24) is 4.98 Å². The molecule has 1 aromatic rings. The molecule has 2 N–H and O–H groups in total. The number of anilines is 1. The Morgan fingerprint density at radius 2 is 2.29 bits per heavy atom. The Balaban J connectivity index is 2.72. The summed E-state index contributed by atoms with van der Waals surface area (Å²) < 4.78 is 11.2. The first-order chi connectivity index (χ1) is 8.04. The molecule has 0 aliphatic heterocycles. The van der Waals surface area contributed by atoms with Gasteiger partial charge in [0.2, 0.25) is 0 Å². The number of hydrogen-bond acceptors (Lipinski definition) is 4. The van der Waals surface area contributed by atoms with E-state index in [2.05, 4.69) is 10.3 Å². The summed E-state index contributed by atoms with van der Waals surface area (Å²) in [5.74, 6) is 0.159. The average Bonchev–Trinajstić information content (AvgIpc) is 2.28. The largest absolute Gasteiger partial charge is 0.478 e. The van der Waals surface area contributed by atoms with Crippen molar-refractivity contribution in [3.05, 3.63) is 22.8 Å². The lowest BCUT2D eigenvalue weighted by Crippen LogP contribution is -2.15. The van der Waals surface area contributed by atoms with Crippen LogP contribution in [0.3, 0.4) is 0 Å². The second kappa shape index (κ2) is 6.56. The summed E-state index contributed by atoms with van der Waals surface area (Å²) in [5.41, 5.74) is 0.0525. The highest BCUT2D eigenvalue weighted by atomic mass is 35.5. The predicted molar refractivity (Wildman–Crippen MR) is 68.2 cm³/mol. The fourth-order valence-electron chi connectivity index (χ4n) is 1.17. The fraction of sp³-hybridized carbons (Fsp3) is 0.400. The summed E-state index contributed by atoms with van der Waals surface area (Å²) in [6, 6.07) is 2.80. The van der Waals surface area contributed by atoms with Crippen LogP contribution in [0.5, 0.6) is 0 Å². The van der Waals surface area contributed by atoms with Gasteiger partial charge in [-0.1, -0.05) is 18.5 Å². The predicted octanol–water partition coefficient (Wildman–Crippen LogP) is 1.61. The van der Waals surface area contributed by atoms with E-state index in [9.17, 15) is 9.00 Å². The monoisotopic (exact) mass is 276 g/mol. The normalized spacial score (nSPS) is 12.1. The molecule has 0 aliphatic carbocycles. The lowest BCUT2D eigenvalue weighted by atomic mass is 10.2. The van der Waals surface area contributed by atoms with Crippen LogP contribution >= 0.6 is 11.6 Å². The van der Waals surface area contributed by atoms with Crippen molar-refractivity contribution in [3.63, 3.8) is 0 Å². The van der Waals surface area contributed by atoms with Crippen LogP contribution in [-0.2, 0) is 10.8 Å². The molecule has 0 saturated heterocycles. The van der Waals surface area contributed by atoms with E-state index in [4.69, 9.17) is 16.7 Å². The van der Waals surface area contributed by atoms with Gasteiger partial charge in [0.15, 0.2) is 0 Å². The number of carboxylic acid groups (broad SMARTS) is 1. The quantitative estimate of drug-likeness (QED) is 0.772. The Hall–Kier alpha value is -1.14. The van der Waals surface area contributed by atoms with Crippen LogP contribution in [-0.4, -0.2) is 38.3 Å². The molecule has 0 amide bonds. The molecule has 0 spiro atoms. The Labute approximate surface area is 107 Å². The van der Waals surface area contributed by atoms with E-state index >= 15 is 0 Å². The van der Waals surface area contributed by atoms with E-state index in [0.29, 0.717) is 18.1 Å². The number of nitrogens with one attached hydrogen (secondary N) is 1. The second-order valence-electron chi connectivity index (χ2n) is 3.19. The molecule has 17 heavy (non-hydrogen) atoms. The van der Waals surface area contributed by atoms with Gasteiger partial charge in [-0.05, 0) is 12.1 Å². The number of nitrogens with zero attached hydrogens (tertiary/aromatic N) is 1. The van der Waals surface area contributed by atoms with Gasteiger partial charge in [0.1, 0.15) is 16.5 Å². The van der Waals surface area contributed by atoms with Crippen LogP contribution in [0.25, 0.3) is 0 Å². The lowest BCUT2D eigenvalue weighted by molar-refractivity contribution is 0.0697. The number of aromatic carboxylic acids is 1. The van der Waals surface area contributed by atoms with Crippen molar-refractivity contribution in [3.8, 4) is 0 Å². The summed E-state index contributed by atoms with van der Waals surface area (Å²) in [6.45, 7) is 2.23. The molecule has 94 valence electrons. The number of aromatic nitrogens is 1. The van der Waals surface area contributed by atoms with Crippen LogP contribution in [0, 0.1) is 0 Å². The van der Waals surface area contributed by atoms with Crippen molar-refractivity contribution >= 4 is 34.2 Å². The first-order valence-corrected chi connectivity index (χ1v) is 6.90. The van der Waals surface area contributed by atoms with E-state index in [0.717, 1.165) is 0 Å². The van der Waals surface area contributed by atoms with Gasteiger partial charge in [-0.15, -0.1) is 0 Å². The van der Waals surface area contributed by atoms with Crippen LogP contribution in [0.1, 0.15) is 17.3 Å². The third-order valence-electron chi connectivity index (χ3n) is 2.04. The molecule has 0 aliphatic rings. The molecule has 0 saturated carbocycles. The minimum Gasteiger partial charge on any atom is -0.478 e. The fourth-order valence-corrected chi connectivity index (χ4v) is 1.94. The molecular formula is C10H13ClN2O3S. The van der Waals surface area contributed by atoms with E-state index in [1.807, 2.05) is 6.92 Å². The van der Waals surface area contributed by atoms with Crippen LogP contribution < -0.4 is 5.32 Å². The topological polar surface area (TPSA) is 79.3 Å². The summed E-state index contributed by atoms with van der Waals surface area (Å²) in [4.78, 5) is 14.8. The zero-order valence-corrected chi connectivity index (χ0v) is 10.8. The van der Waals surface area contributed by atoms with Crippen LogP contribution in [0.4, 0.5) is 5.82 Å².